The molecule has 11 nitrogen and oxygen atoms in total. The van der Waals surface area contributed by atoms with Gasteiger partial charge in [0.25, 0.3) is 5.91 Å². The SMILES string of the molecule is O=C1CC[C@@H](C(=O)N2CSC[C@H]2C(=O)N2CCC(c3ccc(NC(=O)c4[nH]nc5c4CCc4ncccc4-5)cc3)CC2)N1. The number of rotatable bonds is 5. The maximum absolute atomic E-state index is 13.4. The Kier molecular flexibility index (Phi) is 7.38. The number of nitrogens with zero attached hydrogens (tertiary/aromatic N) is 4. The van der Waals surface area contributed by atoms with Crippen molar-refractivity contribution in [1.82, 2.24) is 30.3 Å². The van der Waals surface area contributed by atoms with Gasteiger partial charge < -0.3 is 20.4 Å². The summed E-state index contributed by atoms with van der Waals surface area (Å²) >= 11 is 1.58. The number of H-pyrrole nitrogens is 1. The zero-order valence-electron chi connectivity index (χ0n) is 23.7. The summed E-state index contributed by atoms with van der Waals surface area (Å²) in [6.45, 7) is 1.27. The molecule has 4 amide bonds. The third kappa shape index (κ3) is 5.28. The Morgan fingerprint density at radius 2 is 1.79 bits per heavy atom. The zero-order chi connectivity index (χ0) is 29.5. The number of carbonyl (C=O) groups excluding carboxylic acids is 4. The number of benzene rings is 1. The average Bonchev–Trinajstić information content (AvgIpc) is 3.81. The van der Waals surface area contributed by atoms with E-state index in [9.17, 15) is 19.2 Å². The van der Waals surface area contributed by atoms with Gasteiger partial charge in [-0.25, -0.2) is 0 Å². The molecule has 12 heteroatoms. The average molecular weight is 600 g/mol. The second-order valence-electron chi connectivity index (χ2n) is 11.6. The van der Waals surface area contributed by atoms with Crippen molar-refractivity contribution in [3.63, 3.8) is 0 Å². The molecule has 222 valence electrons. The van der Waals surface area contributed by atoms with Crippen LogP contribution in [-0.4, -0.2) is 85.4 Å². The van der Waals surface area contributed by atoms with Crippen LogP contribution >= 0.6 is 11.8 Å². The molecule has 5 heterocycles. The van der Waals surface area contributed by atoms with Crippen molar-refractivity contribution in [1.29, 1.82) is 0 Å². The summed E-state index contributed by atoms with van der Waals surface area (Å²) in [4.78, 5) is 59.1. The topological polar surface area (TPSA) is 140 Å². The minimum absolute atomic E-state index is 0.0000650. The molecule has 0 bridgehead atoms. The smallest absolute Gasteiger partial charge is 0.273 e. The van der Waals surface area contributed by atoms with Crippen molar-refractivity contribution in [2.75, 3.05) is 30.0 Å². The van der Waals surface area contributed by atoms with E-state index in [0.717, 1.165) is 41.8 Å². The third-order valence-corrected chi connectivity index (χ3v) is 10.1. The predicted octanol–water partition coefficient (Wildman–Crippen LogP) is 2.71. The standard InChI is InChI=1S/C31H33N7O4S/c39-26-10-9-24(34-26)30(41)38-17-43-16-25(38)31(42)37-14-11-19(12-15-37)18-3-5-20(6-4-18)33-29(40)28-22-7-8-23-21(2-1-13-32-23)27(22)35-36-28/h1-6,13,19,24-25H,7-12,14-17H2,(H,33,40)(H,34,39)(H,35,36)/t24-,25-/m0/s1. The number of pyridine rings is 1. The predicted molar refractivity (Wildman–Crippen MR) is 161 cm³/mol. The van der Waals surface area contributed by atoms with E-state index in [-0.39, 0.29) is 23.6 Å². The van der Waals surface area contributed by atoms with Gasteiger partial charge in [-0.05, 0) is 67.9 Å². The number of aromatic amines is 1. The van der Waals surface area contributed by atoms with E-state index in [1.807, 2.05) is 41.3 Å². The summed E-state index contributed by atoms with van der Waals surface area (Å²) in [6.07, 6.45) is 5.79. The number of nitrogens with one attached hydrogen (secondary N) is 3. The van der Waals surface area contributed by atoms with Crippen LogP contribution in [0.5, 0.6) is 0 Å². The Bertz CT molecular complexity index is 1580. The monoisotopic (exact) mass is 599 g/mol. The molecule has 3 N–H and O–H groups in total. The molecular formula is C31H33N7O4S. The Morgan fingerprint density at radius 3 is 2.56 bits per heavy atom. The maximum Gasteiger partial charge on any atom is 0.273 e. The fourth-order valence-corrected chi connectivity index (χ4v) is 7.81. The van der Waals surface area contributed by atoms with E-state index in [4.69, 9.17) is 0 Å². The number of aryl methyl sites for hydroxylation is 1. The molecule has 4 aliphatic rings. The summed E-state index contributed by atoms with van der Waals surface area (Å²) < 4.78 is 0. The highest BCUT2D eigenvalue weighted by molar-refractivity contribution is 7.99. The molecule has 0 unspecified atom stereocenters. The van der Waals surface area contributed by atoms with Crippen molar-refractivity contribution in [2.24, 2.45) is 0 Å². The Morgan fingerprint density at radius 1 is 0.977 bits per heavy atom. The van der Waals surface area contributed by atoms with Crippen LogP contribution in [0.1, 0.15) is 58.9 Å². The maximum atomic E-state index is 13.4. The van der Waals surface area contributed by atoms with Crippen molar-refractivity contribution in [2.45, 2.75) is 56.5 Å². The van der Waals surface area contributed by atoms with Crippen LogP contribution in [0, 0.1) is 0 Å². The summed E-state index contributed by atoms with van der Waals surface area (Å²) in [7, 11) is 0. The minimum atomic E-state index is -0.514. The van der Waals surface area contributed by atoms with Gasteiger partial charge in [-0.15, -0.1) is 11.8 Å². The number of aromatic nitrogens is 3. The van der Waals surface area contributed by atoms with Crippen LogP contribution < -0.4 is 10.6 Å². The van der Waals surface area contributed by atoms with E-state index in [0.29, 0.717) is 61.3 Å². The molecule has 3 aliphatic heterocycles. The first kappa shape index (κ1) is 27.6. The fourth-order valence-electron chi connectivity index (χ4n) is 6.66. The second-order valence-corrected chi connectivity index (χ2v) is 12.6. The van der Waals surface area contributed by atoms with E-state index >= 15 is 0 Å². The first-order chi connectivity index (χ1) is 21.0. The first-order valence-corrected chi connectivity index (χ1v) is 16.0. The normalized spacial score (nSPS) is 21.7. The van der Waals surface area contributed by atoms with Crippen LogP contribution in [0.3, 0.4) is 0 Å². The Labute approximate surface area is 253 Å². The van der Waals surface area contributed by atoms with Gasteiger partial charge in [-0.2, -0.15) is 5.10 Å². The molecule has 3 aromatic rings. The summed E-state index contributed by atoms with van der Waals surface area (Å²) in [5.41, 5.74) is 6.08. The number of fused-ring (bicyclic) bond motifs is 3. The van der Waals surface area contributed by atoms with Crippen molar-refractivity contribution in [3.8, 4) is 11.3 Å². The van der Waals surface area contributed by atoms with E-state index in [1.54, 1.807) is 22.9 Å². The summed E-state index contributed by atoms with van der Waals surface area (Å²) in [5.74, 6) is 0.914. The fraction of sp³-hybridized carbons (Fsp3) is 0.419. The van der Waals surface area contributed by atoms with Gasteiger partial charge in [0.15, 0.2) is 0 Å². The van der Waals surface area contributed by atoms with Crippen LogP contribution in [0.2, 0.25) is 0 Å². The summed E-state index contributed by atoms with van der Waals surface area (Å²) in [5, 5.41) is 13.1. The quantitative estimate of drug-likeness (QED) is 0.410. The number of amides is 4. The highest BCUT2D eigenvalue weighted by Gasteiger charge is 2.41. The minimum Gasteiger partial charge on any atom is -0.344 e. The lowest BCUT2D eigenvalue weighted by atomic mass is 9.89. The molecule has 0 spiro atoms. The lowest BCUT2D eigenvalue weighted by Crippen LogP contribution is -2.54. The lowest BCUT2D eigenvalue weighted by Gasteiger charge is -2.36. The molecule has 0 saturated carbocycles. The van der Waals surface area contributed by atoms with Gasteiger partial charge >= 0.3 is 0 Å². The first-order valence-electron chi connectivity index (χ1n) is 14.9. The largest absolute Gasteiger partial charge is 0.344 e. The van der Waals surface area contributed by atoms with Crippen LogP contribution in [-0.2, 0) is 27.2 Å². The van der Waals surface area contributed by atoms with Gasteiger partial charge in [-0.1, -0.05) is 12.1 Å². The highest BCUT2D eigenvalue weighted by atomic mass is 32.2. The van der Waals surface area contributed by atoms with Crippen LogP contribution in [0.4, 0.5) is 5.69 Å². The van der Waals surface area contributed by atoms with Gasteiger partial charge in [0, 0.05) is 48.3 Å². The molecule has 0 radical (unpaired) electrons. The van der Waals surface area contributed by atoms with Crippen molar-refractivity contribution in [3.05, 3.63) is 65.1 Å². The molecule has 3 saturated heterocycles. The number of piperidine rings is 1. The molecule has 7 rings (SSSR count). The zero-order valence-corrected chi connectivity index (χ0v) is 24.5. The highest BCUT2D eigenvalue weighted by Crippen LogP contribution is 2.34. The molecular weight excluding hydrogens is 566 g/mol. The van der Waals surface area contributed by atoms with Gasteiger partial charge in [0.2, 0.25) is 17.7 Å². The van der Waals surface area contributed by atoms with Gasteiger partial charge in [-0.3, -0.25) is 29.3 Å². The van der Waals surface area contributed by atoms with Gasteiger partial charge in [0.1, 0.15) is 17.8 Å². The van der Waals surface area contributed by atoms with E-state index in [1.165, 1.54) is 5.56 Å². The molecule has 2 atom stereocenters. The summed E-state index contributed by atoms with van der Waals surface area (Å²) in [6, 6.07) is 10.8. The third-order valence-electron chi connectivity index (χ3n) is 9.04. The number of carbonyl (C=O) groups is 4. The Hall–Kier alpha value is -4.19. The van der Waals surface area contributed by atoms with Crippen molar-refractivity contribution < 1.29 is 19.2 Å². The number of anilines is 1. The molecule has 1 aliphatic carbocycles. The number of thioether (sulfide) groups is 1. The molecule has 1 aromatic carbocycles. The lowest BCUT2D eigenvalue weighted by molar-refractivity contribution is -0.145. The van der Waals surface area contributed by atoms with Crippen LogP contribution in [0.25, 0.3) is 11.3 Å². The van der Waals surface area contributed by atoms with Crippen molar-refractivity contribution >= 4 is 41.1 Å². The van der Waals surface area contributed by atoms with Gasteiger partial charge in [0.05, 0.1) is 17.3 Å². The number of hydrogen-bond donors (Lipinski definition) is 3. The van der Waals surface area contributed by atoms with Crippen LogP contribution in [0.15, 0.2) is 42.6 Å². The second kappa shape index (κ2) is 11.5. The Balaban J connectivity index is 0.940. The molecule has 3 fully saturated rings. The number of likely N-dealkylation sites (tertiary alicyclic amines) is 1. The van der Waals surface area contributed by atoms with E-state index < -0.39 is 12.1 Å². The van der Waals surface area contributed by atoms with E-state index in [2.05, 4.69) is 25.8 Å². The molecule has 43 heavy (non-hydrogen) atoms. The molecule has 2 aromatic heterocycles. The number of hydrogen-bond acceptors (Lipinski definition) is 7.